The average Bonchev–Trinajstić information content (AvgIpc) is 3.26. The van der Waals surface area contributed by atoms with Crippen LogP contribution in [0.25, 0.3) is 0 Å². The van der Waals surface area contributed by atoms with Gasteiger partial charge in [-0.05, 0) is 61.7 Å². The number of benzene rings is 1. The summed E-state index contributed by atoms with van der Waals surface area (Å²) in [7, 11) is 1.35. The number of esters is 1. The van der Waals surface area contributed by atoms with Crippen molar-refractivity contribution in [2.45, 2.75) is 32.1 Å². The first-order valence-corrected chi connectivity index (χ1v) is 11.3. The van der Waals surface area contributed by atoms with E-state index in [-0.39, 0.29) is 17.4 Å². The van der Waals surface area contributed by atoms with Gasteiger partial charge in [-0.3, -0.25) is 4.79 Å². The second-order valence-electron chi connectivity index (χ2n) is 6.58. The smallest absolute Gasteiger partial charge is 0.341 e. The van der Waals surface area contributed by atoms with Crippen LogP contribution in [0.4, 0.5) is 5.00 Å². The summed E-state index contributed by atoms with van der Waals surface area (Å²) in [5, 5.41) is 7.30. The normalized spacial score (nSPS) is 12.2. The minimum atomic E-state index is -0.399. The number of thiophene rings is 1. The van der Waals surface area contributed by atoms with E-state index in [0.717, 1.165) is 29.7 Å². The van der Waals surface area contributed by atoms with Gasteiger partial charge >= 0.3 is 5.97 Å². The monoisotopic (exact) mass is 486 g/mol. The zero-order valence-electron chi connectivity index (χ0n) is 16.2. The fourth-order valence-electron chi connectivity index (χ4n) is 3.14. The van der Waals surface area contributed by atoms with E-state index in [1.165, 1.54) is 18.4 Å². The molecule has 10 heteroatoms. The van der Waals surface area contributed by atoms with Crippen LogP contribution in [0.5, 0.6) is 5.75 Å². The van der Waals surface area contributed by atoms with Crippen molar-refractivity contribution < 1.29 is 19.1 Å². The number of carbonyl (C=O) groups is 2. The number of anilines is 1. The number of hydrogen-bond donors (Lipinski definition) is 2. The van der Waals surface area contributed by atoms with Crippen molar-refractivity contribution in [1.29, 1.82) is 0 Å². The largest absolute Gasteiger partial charge is 0.492 e. The van der Waals surface area contributed by atoms with Gasteiger partial charge in [0.2, 0.25) is 5.91 Å². The number of ether oxygens (including phenoxy) is 2. The minimum Gasteiger partial charge on any atom is -0.492 e. The highest BCUT2D eigenvalue weighted by atomic mass is 35.5. The molecule has 0 bridgehead atoms. The summed E-state index contributed by atoms with van der Waals surface area (Å²) in [6, 6.07) is 4.96. The third-order valence-electron chi connectivity index (χ3n) is 4.49. The highest BCUT2D eigenvalue weighted by Gasteiger charge is 2.27. The molecule has 1 aromatic carbocycles. The van der Waals surface area contributed by atoms with E-state index < -0.39 is 5.97 Å². The zero-order chi connectivity index (χ0) is 21.7. The molecule has 2 aromatic rings. The average molecular weight is 487 g/mol. The Hall–Kier alpha value is -1.87. The van der Waals surface area contributed by atoms with Gasteiger partial charge in [-0.15, -0.1) is 11.3 Å². The van der Waals surface area contributed by atoms with Gasteiger partial charge in [0.05, 0.1) is 24.3 Å². The van der Waals surface area contributed by atoms with Gasteiger partial charge in [-0.1, -0.05) is 23.2 Å². The van der Waals surface area contributed by atoms with Crippen LogP contribution in [-0.2, 0) is 22.4 Å². The summed E-state index contributed by atoms with van der Waals surface area (Å²) >= 11 is 18.6. The summed E-state index contributed by atoms with van der Waals surface area (Å²) < 4.78 is 10.5. The van der Waals surface area contributed by atoms with Gasteiger partial charge in [0.25, 0.3) is 0 Å². The number of carbonyl (C=O) groups excluding carboxylic acids is 2. The first-order chi connectivity index (χ1) is 14.4. The van der Waals surface area contributed by atoms with Gasteiger partial charge in [-0.25, -0.2) is 4.79 Å². The highest BCUT2D eigenvalue weighted by molar-refractivity contribution is 7.80. The van der Waals surface area contributed by atoms with E-state index in [9.17, 15) is 9.59 Å². The summed E-state index contributed by atoms with van der Waals surface area (Å²) in [5.74, 6) is -0.134. The van der Waals surface area contributed by atoms with E-state index in [0.29, 0.717) is 39.4 Å². The SMILES string of the molecule is COC(=O)c1c(NC(=S)NC(=O)CCCOc2ccc(Cl)cc2Cl)sc2c1CCC2. The molecule has 1 aliphatic carbocycles. The number of thiocarbonyl (C=S) groups is 1. The van der Waals surface area contributed by atoms with Crippen molar-refractivity contribution >= 4 is 68.7 Å². The molecule has 0 aliphatic heterocycles. The standard InChI is InChI=1S/C20H20Cl2N2O4S2/c1-27-19(26)17-12-4-2-5-15(12)30-18(17)24-20(29)23-16(25)6-3-9-28-14-8-7-11(21)10-13(14)22/h7-8,10H,2-6,9H2,1H3,(H2,23,24,25,29). The second kappa shape index (κ2) is 10.4. The van der Waals surface area contributed by atoms with Crippen LogP contribution in [-0.4, -0.2) is 30.7 Å². The molecule has 160 valence electrons. The number of amides is 1. The maximum atomic E-state index is 12.2. The van der Waals surface area contributed by atoms with E-state index in [4.69, 9.17) is 44.9 Å². The lowest BCUT2D eigenvalue weighted by atomic mass is 10.1. The Morgan fingerprint density at radius 1 is 1.27 bits per heavy atom. The van der Waals surface area contributed by atoms with Crippen molar-refractivity contribution in [2.75, 3.05) is 19.0 Å². The number of nitrogens with one attached hydrogen (secondary N) is 2. The molecule has 6 nitrogen and oxygen atoms in total. The van der Waals surface area contributed by atoms with E-state index >= 15 is 0 Å². The fourth-order valence-corrected chi connectivity index (χ4v) is 5.17. The maximum Gasteiger partial charge on any atom is 0.341 e. The molecule has 1 aliphatic rings. The summed E-state index contributed by atoms with van der Waals surface area (Å²) in [5.41, 5.74) is 1.53. The Bertz CT molecular complexity index is 978. The van der Waals surface area contributed by atoms with Crippen LogP contribution in [0.15, 0.2) is 18.2 Å². The van der Waals surface area contributed by atoms with Crippen LogP contribution < -0.4 is 15.4 Å². The molecule has 2 N–H and O–H groups in total. The van der Waals surface area contributed by atoms with E-state index in [2.05, 4.69) is 10.6 Å². The highest BCUT2D eigenvalue weighted by Crippen LogP contribution is 2.39. The molecule has 0 unspecified atom stereocenters. The third-order valence-corrected chi connectivity index (χ3v) is 6.43. The quantitative estimate of drug-likeness (QED) is 0.325. The Kier molecular flexibility index (Phi) is 7.93. The molecule has 30 heavy (non-hydrogen) atoms. The molecule has 0 spiro atoms. The zero-order valence-corrected chi connectivity index (χ0v) is 19.3. The molecule has 1 heterocycles. The van der Waals surface area contributed by atoms with Gasteiger partial charge in [0.15, 0.2) is 5.11 Å². The first-order valence-electron chi connectivity index (χ1n) is 9.30. The Balaban J connectivity index is 1.47. The van der Waals surface area contributed by atoms with Crippen LogP contribution in [0.1, 0.15) is 40.1 Å². The fraction of sp³-hybridized carbons (Fsp3) is 0.350. The van der Waals surface area contributed by atoms with Crippen molar-refractivity contribution in [2.24, 2.45) is 0 Å². The molecular weight excluding hydrogens is 467 g/mol. The lowest BCUT2D eigenvalue weighted by Gasteiger charge is -2.11. The molecule has 3 rings (SSSR count). The first kappa shape index (κ1) is 22.8. The van der Waals surface area contributed by atoms with Crippen LogP contribution in [0, 0.1) is 0 Å². The third kappa shape index (κ3) is 5.63. The number of halogens is 2. The molecular formula is C20H20Cl2N2O4S2. The Labute approximate surface area is 193 Å². The Morgan fingerprint density at radius 3 is 2.80 bits per heavy atom. The van der Waals surface area contributed by atoms with Crippen LogP contribution >= 0.6 is 46.8 Å². The van der Waals surface area contributed by atoms with E-state index in [1.54, 1.807) is 18.2 Å². The molecule has 0 radical (unpaired) electrons. The van der Waals surface area contributed by atoms with Gasteiger partial charge in [0.1, 0.15) is 10.8 Å². The molecule has 1 amide bonds. The topological polar surface area (TPSA) is 76.7 Å². The summed E-state index contributed by atoms with van der Waals surface area (Å²) in [6.45, 7) is 0.319. The number of methoxy groups -OCH3 is 1. The van der Waals surface area contributed by atoms with Crippen molar-refractivity contribution in [3.05, 3.63) is 44.2 Å². The lowest BCUT2D eigenvalue weighted by molar-refractivity contribution is -0.119. The van der Waals surface area contributed by atoms with Gasteiger partial charge in [0, 0.05) is 16.3 Å². The van der Waals surface area contributed by atoms with E-state index in [1.807, 2.05) is 0 Å². The number of fused-ring (bicyclic) bond motifs is 1. The molecule has 0 saturated carbocycles. The summed E-state index contributed by atoms with van der Waals surface area (Å²) in [6.07, 6.45) is 3.50. The van der Waals surface area contributed by atoms with Gasteiger partial charge in [-0.2, -0.15) is 0 Å². The second-order valence-corrected chi connectivity index (χ2v) is 8.94. The predicted octanol–water partition coefficient (Wildman–Crippen LogP) is 5.00. The maximum absolute atomic E-state index is 12.2. The number of rotatable bonds is 7. The summed E-state index contributed by atoms with van der Waals surface area (Å²) in [4.78, 5) is 25.5. The van der Waals surface area contributed by atoms with Crippen molar-refractivity contribution in [3.8, 4) is 5.75 Å². The molecule has 0 saturated heterocycles. The van der Waals surface area contributed by atoms with Crippen LogP contribution in [0.2, 0.25) is 10.0 Å². The molecule has 0 fully saturated rings. The van der Waals surface area contributed by atoms with Crippen LogP contribution in [0.3, 0.4) is 0 Å². The molecule has 1 aromatic heterocycles. The minimum absolute atomic E-state index is 0.145. The van der Waals surface area contributed by atoms with Crippen molar-refractivity contribution in [3.63, 3.8) is 0 Å². The lowest BCUT2D eigenvalue weighted by Crippen LogP contribution is -2.34. The Morgan fingerprint density at radius 2 is 2.07 bits per heavy atom. The predicted molar refractivity (Wildman–Crippen MR) is 123 cm³/mol. The number of aryl methyl sites for hydroxylation is 1. The molecule has 0 atom stereocenters. The van der Waals surface area contributed by atoms with Crippen molar-refractivity contribution in [1.82, 2.24) is 5.32 Å². The van der Waals surface area contributed by atoms with Gasteiger partial charge < -0.3 is 20.1 Å². The number of hydrogen-bond acceptors (Lipinski definition) is 6.